The maximum Gasteiger partial charge on any atom is 0.410 e. The van der Waals surface area contributed by atoms with Gasteiger partial charge in [-0.05, 0) is 12.0 Å². The average Bonchev–Trinajstić information content (AvgIpc) is 2.82. The Morgan fingerprint density at radius 3 is 2.68 bits per heavy atom. The number of amides is 1. The van der Waals surface area contributed by atoms with Crippen molar-refractivity contribution in [3.8, 4) is 0 Å². The van der Waals surface area contributed by atoms with E-state index in [2.05, 4.69) is 0 Å². The fraction of sp³-hybridized carbons (Fsp3) is 0.467. The number of carbonyl (C=O) groups excluding carboxylic acids is 2. The zero-order valence-corrected chi connectivity index (χ0v) is 10.8. The molecule has 1 heterocycles. The molecule has 0 bridgehead atoms. The monoisotopic (exact) mass is 259 g/mol. The second kappa shape index (κ2) is 4.68. The third-order valence-corrected chi connectivity index (χ3v) is 4.05. The Morgan fingerprint density at radius 1 is 1.26 bits per heavy atom. The highest BCUT2D eigenvalue weighted by Gasteiger charge is 2.49. The van der Waals surface area contributed by atoms with E-state index in [1.165, 1.54) is 0 Å². The molecule has 19 heavy (non-hydrogen) atoms. The predicted octanol–water partition coefficient (Wildman–Crippen LogP) is 2.38. The lowest BCUT2D eigenvalue weighted by molar-refractivity contribution is -0.131. The van der Waals surface area contributed by atoms with Crippen LogP contribution in [-0.4, -0.2) is 29.9 Å². The van der Waals surface area contributed by atoms with Crippen LogP contribution in [0.5, 0.6) is 0 Å². The van der Waals surface area contributed by atoms with Crippen LogP contribution in [0.3, 0.4) is 0 Å². The normalized spacial score (nSPS) is 20.4. The molecule has 1 saturated heterocycles. The van der Waals surface area contributed by atoms with Gasteiger partial charge in [0.25, 0.3) is 0 Å². The highest BCUT2D eigenvalue weighted by molar-refractivity contribution is 5.86. The van der Waals surface area contributed by atoms with Gasteiger partial charge < -0.3 is 9.64 Å². The van der Waals surface area contributed by atoms with Crippen LogP contribution in [0.15, 0.2) is 30.3 Å². The molecular weight excluding hydrogens is 242 g/mol. The third-order valence-electron chi connectivity index (χ3n) is 4.05. The van der Waals surface area contributed by atoms with E-state index in [9.17, 15) is 9.59 Å². The first-order valence-electron chi connectivity index (χ1n) is 6.64. The smallest absolute Gasteiger partial charge is 0.410 e. The number of ether oxygens (including phenoxy) is 1. The van der Waals surface area contributed by atoms with Gasteiger partial charge >= 0.3 is 6.09 Å². The molecule has 1 aromatic rings. The van der Waals surface area contributed by atoms with Crippen molar-refractivity contribution in [1.82, 2.24) is 4.90 Å². The Labute approximate surface area is 112 Å². The molecule has 0 unspecified atom stereocenters. The summed E-state index contributed by atoms with van der Waals surface area (Å²) in [5.74, 6) is 0.319. The summed E-state index contributed by atoms with van der Waals surface area (Å²) in [4.78, 5) is 24.8. The number of likely N-dealkylation sites (tertiary alicyclic amines) is 1. The molecule has 1 saturated carbocycles. The summed E-state index contributed by atoms with van der Waals surface area (Å²) in [7, 11) is 0. The van der Waals surface area contributed by atoms with E-state index in [-0.39, 0.29) is 11.5 Å². The van der Waals surface area contributed by atoms with Gasteiger partial charge in [-0.15, -0.1) is 0 Å². The maximum absolute atomic E-state index is 11.9. The second-order valence-corrected chi connectivity index (χ2v) is 5.60. The van der Waals surface area contributed by atoms with Crippen molar-refractivity contribution in [3.63, 3.8) is 0 Å². The van der Waals surface area contributed by atoms with Gasteiger partial charge in [-0.1, -0.05) is 30.3 Å². The lowest BCUT2D eigenvalue weighted by Gasteiger charge is -2.36. The van der Waals surface area contributed by atoms with Crippen LogP contribution in [0.25, 0.3) is 0 Å². The number of Topliss-reactive ketones (excluding diaryl/α,β-unsaturated/α-hetero) is 1. The van der Waals surface area contributed by atoms with Crippen molar-refractivity contribution in [1.29, 1.82) is 0 Å². The van der Waals surface area contributed by atoms with E-state index >= 15 is 0 Å². The lowest BCUT2D eigenvalue weighted by Crippen LogP contribution is -2.41. The molecule has 0 radical (unpaired) electrons. The standard InChI is InChI=1S/C15H17NO3/c17-13-8-15(9-13)6-7-16(11-15)14(18)19-10-12-4-2-1-3-5-12/h1-5H,6-11H2. The third kappa shape index (κ3) is 2.48. The molecule has 4 heteroatoms. The quantitative estimate of drug-likeness (QED) is 0.819. The van der Waals surface area contributed by atoms with Crippen LogP contribution >= 0.6 is 0 Å². The highest BCUT2D eigenvalue weighted by atomic mass is 16.6. The molecule has 100 valence electrons. The van der Waals surface area contributed by atoms with Crippen LogP contribution in [-0.2, 0) is 16.1 Å². The number of nitrogens with zero attached hydrogens (tertiary/aromatic N) is 1. The lowest BCUT2D eigenvalue weighted by atomic mass is 9.67. The van der Waals surface area contributed by atoms with Crippen molar-refractivity contribution in [2.75, 3.05) is 13.1 Å². The van der Waals surface area contributed by atoms with Crippen molar-refractivity contribution >= 4 is 11.9 Å². The van der Waals surface area contributed by atoms with Gasteiger partial charge in [0, 0.05) is 31.3 Å². The van der Waals surface area contributed by atoms with E-state index in [0.29, 0.717) is 38.3 Å². The van der Waals surface area contributed by atoms with Crippen LogP contribution < -0.4 is 0 Å². The molecule has 0 N–H and O–H groups in total. The first kappa shape index (κ1) is 12.2. The Hall–Kier alpha value is -1.84. The SMILES string of the molecule is O=C1CC2(CCN(C(=O)OCc3ccccc3)C2)C1. The molecule has 1 aromatic carbocycles. The Bertz CT molecular complexity index is 489. The topological polar surface area (TPSA) is 46.6 Å². The zero-order chi connectivity index (χ0) is 13.3. The molecular formula is C15H17NO3. The fourth-order valence-corrected chi connectivity index (χ4v) is 2.97. The summed E-state index contributed by atoms with van der Waals surface area (Å²) in [6.45, 7) is 1.69. The van der Waals surface area contributed by atoms with Crippen LogP contribution in [0, 0.1) is 5.41 Å². The zero-order valence-electron chi connectivity index (χ0n) is 10.8. The van der Waals surface area contributed by atoms with Gasteiger partial charge in [0.2, 0.25) is 0 Å². The number of hydrogen-bond acceptors (Lipinski definition) is 3. The van der Waals surface area contributed by atoms with Gasteiger partial charge in [-0.3, -0.25) is 4.79 Å². The Kier molecular flexibility index (Phi) is 3.01. The molecule has 2 fully saturated rings. The summed E-state index contributed by atoms with van der Waals surface area (Å²) in [6, 6.07) is 9.65. The van der Waals surface area contributed by atoms with Crippen molar-refractivity contribution in [3.05, 3.63) is 35.9 Å². The highest BCUT2D eigenvalue weighted by Crippen LogP contribution is 2.45. The largest absolute Gasteiger partial charge is 0.445 e. The molecule has 1 aliphatic heterocycles. The van der Waals surface area contributed by atoms with Gasteiger partial charge in [0.05, 0.1) is 0 Å². The summed E-state index contributed by atoms with van der Waals surface area (Å²) < 4.78 is 5.30. The van der Waals surface area contributed by atoms with Gasteiger partial charge in [-0.2, -0.15) is 0 Å². The van der Waals surface area contributed by atoms with Gasteiger partial charge in [-0.25, -0.2) is 4.79 Å². The maximum atomic E-state index is 11.9. The summed E-state index contributed by atoms with van der Waals surface area (Å²) >= 11 is 0. The molecule has 0 aromatic heterocycles. The average molecular weight is 259 g/mol. The number of rotatable bonds is 2. The Morgan fingerprint density at radius 2 is 2.00 bits per heavy atom. The molecule has 1 aliphatic carbocycles. The van der Waals surface area contributed by atoms with Crippen LogP contribution in [0.4, 0.5) is 4.79 Å². The summed E-state index contributed by atoms with van der Waals surface area (Å²) in [6.07, 6.45) is 1.93. The van der Waals surface area contributed by atoms with E-state index in [0.717, 1.165) is 12.0 Å². The fourth-order valence-electron chi connectivity index (χ4n) is 2.97. The van der Waals surface area contributed by atoms with Crippen LogP contribution in [0.1, 0.15) is 24.8 Å². The predicted molar refractivity (Wildman–Crippen MR) is 69.5 cm³/mol. The minimum atomic E-state index is -0.264. The number of hydrogen-bond donors (Lipinski definition) is 0. The van der Waals surface area contributed by atoms with Gasteiger partial charge in [0.1, 0.15) is 12.4 Å². The van der Waals surface area contributed by atoms with Crippen molar-refractivity contribution in [2.45, 2.75) is 25.9 Å². The van der Waals surface area contributed by atoms with Crippen LogP contribution in [0.2, 0.25) is 0 Å². The molecule has 1 amide bonds. The first-order chi connectivity index (χ1) is 9.17. The molecule has 4 nitrogen and oxygen atoms in total. The Balaban J connectivity index is 1.50. The first-order valence-corrected chi connectivity index (χ1v) is 6.64. The second-order valence-electron chi connectivity index (χ2n) is 5.60. The van der Waals surface area contributed by atoms with E-state index in [1.54, 1.807) is 4.90 Å². The minimum Gasteiger partial charge on any atom is -0.445 e. The summed E-state index contributed by atoms with van der Waals surface area (Å²) in [5, 5.41) is 0. The summed E-state index contributed by atoms with van der Waals surface area (Å²) in [5.41, 5.74) is 1.06. The van der Waals surface area contributed by atoms with Crippen molar-refractivity contribution in [2.24, 2.45) is 5.41 Å². The minimum absolute atomic E-state index is 0.0723. The molecule has 2 aliphatic rings. The number of carbonyl (C=O) groups is 2. The molecule has 3 rings (SSSR count). The molecule has 1 spiro atoms. The van der Waals surface area contributed by atoms with Crippen molar-refractivity contribution < 1.29 is 14.3 Å². The van der Waals surface area contributed by atoms with E-state index in [1.807, 2.05) is 30.3 Å². The van der Waals surface area contributed by atoms with E-state index in [4.69, 9.17) is 4.74 Å². The number of benzene rings is 1. The van der Waals surface area contributed by atoms with Gasteiger partial charge in [0.15, 0.2) is 0 Å². The number of ketones is 1. The molecule has 0 atom stereocenters. The van der Waals surface area contributed by atoms with E-state index < -0.39 is 0 Å².